The van der Waals surface area contributed by atoms with Crippen LogP contribution in [0, 0.1) is 6.92 Å². The van der Waals surface area contributed by atoms with Crippen LogP contribution >= 0.6 is 23.2 Å². The Bertz CT molecular complexity index is 895. The van der Waals surface area contributed by atoms with Crippen molar-refractivity contribution in [2.45, 2.75) is 6.92 Å². The number of aromatic nitrogens is 2. The first kappa shape index (κ1) is 14.9. The highest BCUT2D eigenvalue weighted by molar-refractivity contribution is 6.35. The fourth-order valence-electron chi connectivity index (χ4n) is 2.57. The standard InChI is InChI=1S/C17H14Cl2N2O/c1-11-16(12-6-4-3-5-7-12)17(22)21(20(11)2)15-9-8-13(18)10-14(15)19/h3-10H,1-2H3. The van der Waals surface area contributed by atoms with Gasteiger partial charge in [-0.3, -0.25) is 9.48 Å². The van der Waals surface area contributed by atoms with Crippen LogP contribution < -0.4 is 5.56 Å². The van der Waals surface area contributed by atoms with Gasteiger partial charge in [-0.2, -0.15) is 0 Å². The molecule has 112 valence electrons. The predicted octanol–water partition coefficient (Wildman–Crippen LogP) is 4.46. The lowest BCUT2D eigenvalue weighted by Crippen LogP contribution is -2.20. The average Bonchev–Trinajstić information content (AvgIpc) is 2.71. The maximum atomic E-state index is 12.9. The first-order valence-electron chi connectivity index (χ1n) is 6.80. The van der Waals surface area contributed by atoms with Gasteiger partial charge < -0.3 is 0 Å². The van der Waals surface area contributed by atoms with E-state index in [2.05, 4.69) is 0 Å². The van der Waals surface area contributed by atoms with Gasteiger partial charge in [0.05, 0.1) is 16.3 Å². The summed E-state index contributed by atoms with van der Waals surface area (Å²) in [6.45, 7) is 1.92. The molecule has 0 saturated carbocycles. The Morgan fingerprint density at radius 1 is 1.00 bits per heavy atom. The fourth-order valence-corrected chi connectivity index (χ4v) is 3.06. The van der Waals surface area contributed by atoms with E-state index in [1.807, 2.05) is 44.3 Å². The molecular formula is C17H14Cl2N2O. The second kappa shape index (κ2) is 5.67. The highest BCUT2D eigenvalue weighted by atomic mass is 35.5. The van der Waals surface area contributed by atoms with Crippen LogP contribution in [0.15, 0.2) is 53.3 Å². The number of benzene rings is 2. The summed E-state index contributed by atoms with van der Waals surface area (Å²) in [5.74, 6) is 0. The molecule has 0 amide bonds. The van der Waals surface area contributed by atoms with Gasteiger partial charge in [-0.05, 0) is 30.7 Å². The molecule has 0 radical (unpaired) electrons. The normalized spacial score (nSPS) is 10.9. The van der Waals surface area contributed by atoms with Crippen molar-refractivity contribution in [1.82, 2.24) is 9.36 Å². The van der Waals surface area contributed by atoms with E-state index in [1.165, 1.54) is 0 Å². The molecule has 0 spiro atoms. The summed E-state index contributed by atoms with van der Waals surface area (Å²) in [7, 11) is 1.84. The Morgan fingerprint density at radius 2 is 1.68 bits per heavy atom. The van der Waals surface area contributed by atoms with Gasteiger partial charge in [-0.1, -0.05) is 53.5 Å². The van der Waals surface area contributed by atoms with Crippen LogP contribution in [0.25, 0.3) is 16.8 Å². The second-order valence-electron chi connectivity index (χ2n) is 5.06. The third kappa shape index (κ3) is 2.36. The molecule has 5 heteroatoms. The molecule has 1 heterocycles. The van der Waals surface area contributed by atoms with Gasteiger partial charge in [-0.25, -0.2) is 4.68 Å². The Balaban J connectivity index is 2.30. The van der Waals surface area contributed by atoms with Gasteiger partial charge in [0, 0.05) is 17.8 Å². The van der Waals surface area contributed by atoms with Gasteiger partial charge in [0.2, 0.25) is 0 Å². The van der Waals surface area contributed by atoms with Crippen molar-refractivity contribution < 1.29 is 0 Å². The quantitative estimate of drug-likeness (QED) is 0.680. The minimum Gasteiger partial charge on any atom is -0.285 e. The van der Waals surface area contributed by atoms with E-state index in [1.54, 1.807) is 27.6 Å². The fraction of sp³-hybridized carbons (Fsp3) is 0.118. The highest BCUT2D eigenvalue weighted by Crippen LogP contribution is 2.26. The lowest BCUT2D eigenvalue weighted by Gasteiger charge is -2.10. The van der Waals surface area contributed by atoms with Crippen molar-refractivity contribution in [2.24, 2.45) is 7.05 Å². The Labute approximate surface area is 138 Å². The first-order valence-corrected chi connectivity index (χ1v) is 7.55. The Morgan fingerprint density at radius 3 is 2.32 bits per heavy atom. The Hall–Kier alpha value is -1.97. The van der Waals surface area contributed by atoms with Crippen LogP contribution in [0.3, 0.4) is 0 Å². The summed E-state index contributed by atoms with van der Waals surface area (Å²) in [6, 6.07) is 14.7. The molecule has 0 N–H and O–H groups in total. The molecule has 0 unspecified atom stereocenters. The number of hydrogen-bond donors (Lipinski definition) is 0. The number of halogens is 2. The van der Waals surface area contributed by atoms with E-state index in [0.29, 0.717) is 21.3 Å². The highest BCUT2D eigenvalue weighted by Gasteiger charge is 2.18. The smallest absolute Gasteiger partial charge is 0.279 e. The number of hydrogen-bond acceptors (Lipinski definition) is 1. The summed E-state index contributed by atoms with van der Waals surface area (Å²) in [4.78, 5) is 12.9. The van der Waals surface area contributed by atoms with Crippen LogP contribution in [-0.2, 0) is 7.05 Å². The molecular weight excluding hydrogens is 319 g/mol. The number of nitrogens with zero attached hydrogens (tertiary/aromatic N) is 2. The monoisotopic (exact) mass is 332 g/mol. The van der Waals surface area contributed by atoms with E-state index in [9.17, 15) is 4.79 Å². The Kier molecular flexibility index (Phi) is 3.85. The van der Waals surface area contributed by atoms with Crippen LogP contribution in [0.5, 0.6) is 0 Å². The largest absolute Gasteiger partial charge is 0.285 e. The predicted molar refractivity (Wildman–Crippen MR) is 91.2 cm³/mol. The van der Waals surface area contributed by atoms with Crippen molar-refractivity contribution in [1.29, 1.82) is 0 Å². The summed E-state index contributed by atoms with van der Waals surface area (Å²) in [5, 5.41) is 0.978. The third-order valence-corrected chi connectivity index (χ3v) is 4.29. The van der Waals surface area contributed by atoms with E-state index < -0.39 is 0 Å². The van der Waals surface area contributed by atoms with Crippen molar-refractivity contribution in [2.75, 3.05) is 0 Å². The third-order valence-electron chi connectivity index (χ3n) is 3.75. The maximum Gasteiger partial charge on any atom is 0.279 e. The van der Waals surface area contributed by atoms with Gasteiger partial charge in [0.25, 0.3) is 5.56 Å². The number of rotatable bonds is 2. The van der Waals surface area contributed by atoms with Gasteiger partial charge in [0.1, 0.15) is 0 Å². The van der Waals surface area contributed by atoms with Gasteiger partial charge in [0.15, 0.2) is 0 Å². The molecule has 2 aromatic carbocycles. The van der Waals surface area contributed by atoms with Gasteiger partial charge in [-0.15, -0.1) is 0 Å². The van der Waals surface area contributed by atoms with Crippen molar-refractivity contribution in [3.8, 4) is 16.8 Å². The van der Waals surface area contributed by atoms with Crippen molar-refractivity contribution >= 4 is 23.2 Å². The van der Waals surface area contributed by atoms with Crippen LogP contribution in [-0.4, -0.2) is 9.36 Å². The van der Waals surface area contributed by atoms with E-state index in [4.69, 9.17) is 23.2 Å². The molecule has 0 saturated heterocycles. The minimum atomic E-state index is -0.101. The van der Waals surface area contributed by atoms with Crippen LogP contribution in [0.2, 0.25) is 10.0 Å². The lowest BCUT2D eigenvalue weighted by atomic mass is 10.1. The van der Waals surface area contributed by atoms with Crippen molar-refractivity contribution in [3.63, 3.8) is 0 Å². The molecule has 3 aromatic rings. The molecule has 0 aliphatic carbocycles. The summed E-state index contributed by atoms with van der Waals surface area (Å²) in [5.41, 5.74) is 2.96. The van der Waals surface area contributed by atoms with E-state index >= 15 is 0 Å². The summed E-state index contributed by atoms with van der Waals surface area (Å²) < 4.78 is 3.37. The molecule has 0 aliphatic heterocycles. The van der Waals surface area contributed by atoms with Crippen LogP contribution in [0.1, 0.15) is 5.69 Å². The maximum absolute atomic E-state index is 12.9. The van der Waals surface area contributed by atoms with E-state index in [0.717, 1.165) is 11.3 Å². The van der Waals surface area contributed by atoms with Crippen LogP contribution in [0.4, 0.5) is 0 Å². The molecule has 0 aliphatic rings. The topological polar surface area (TPSA) is 26.9 Å². The first-order chi connectivity index (χ1) is 10.5. The lowest BCUT2D eigenvalue weighted by molar-refractivity contribution is 0.630. The zero-order valence-corrected chi connectivity index (χ0v) is 13.7. The molecule has 0 atom stereocenters. The SMILES string of the molecule is Cc1c(-c2ccccc2)c(=O)n(-c2ccc(Cl)cc2Cl)n1C. The van der Waals surface area contributed by atoms with E-state index in [-0.39, 0.29) is 5.56 Å². The summed E-state index contributed by atoms with van der Waals surface area (Å²) in [6.07, 6.45) is 0. The zero-order chi connectivity index (χ0) is 15.9. The molecule has 1 aromatic heterocycles. The zero-order valence-electron chi connectivity index (χ0n) is 12.2. The molecule has 0 bridgehead atoms. The molecule has 3 rings (SSSR count). The average molecular weight is 333 g/mol. The second-order valence-corrected chi connectivity index (χ2v) is 5.91. The molecule has 0 fully saturated rings. The minimum absolute atomic E-state index is 0.101. The van der Waals surface area contributed by atoms with Gasteiger partial charge >= 0.3 is 0 Å². The molecule has 3 nitrogen and oxygen atoms in total. The van der Waals surface area contributed by atoms with Crippen molar-refractivity contribution in [3.05, 3.63) is 74.6 Å². The molecule has 22 heavy (non-hydrogen) atoms. The summed E-state index contributed by atoms with van der Waals surface area (Å²) >= 11 is 12.2.